The van der Waals surface area contributed by atoms with Crippen LogP contribution in [0.5, 0.6) is 0 Å². The fraction of sp³-hybridized carbons (Fsp3) is 0.0667. The van der Waals surface area contributed by atoms with Crippen molar-refractivity contribution in [1.29, 1.82) is 0 Å². The zero-order valence-corrected chi connectivity index (χ0v) is 13.6. The number of benzene rings is 1. The summed E-state index contributed by atoms with van der Waals surface area (Å²) in [4.78, 5) is 13.4. The normalized spacial score (nSPS) is 10.7. The number of nitrogens with two attached hydrogens (primary N) is 1. The van der Waals surface area contributed by atoms with E-state index in [1.165, 1.54) is 11.3 Å². The molecule has 0 aliphatic rings. The lowest BCUT2D eigenvalue weighted by atomic mass is 10.1. The minimum absolute atomic E-state index is 0.133. The van der Waals surface area contributed by atoms with Crippen LogP contribution >= 0.6 is 34.9 Å². The third-order valence-electron chi connectivity index (χ3n) is 3.13. The molecule has 3 rings (SSSR count). The van der Waals surface area contributed by atoms with Crippen LogP contribution in [0.15, 0.2) is 35.7 Å². The molecular weight excluding hydrogens is 320 g/mol. The average molecular weight is 332 g/mol. The van der Waals surface area contributed by atoms with Crippen LogP contribution < -0.4 is 11.1 Å². The van der Waals surface area contributed by atoms with Crippen molar-refractivity contribution in [3.05, 3.63) is 51.7 Å². The average Bonchev–Trinajstić information content (AvgIpc) is 2.98. The summed E-state index contributed by atoms with van der Waals surface area (Å²) in [5.74, 6) is -0.133. The fourth-order valence-electron chi connectivity index (χ4n) is 2.16. The van der Waals surface area contributed by atoms with Gasteiger partial charge in [0.05, 0.1) is 10.6 Å². The van der Waals surface area contributed by atoms with E-state index in [-0.39, 0.29) is 10.9 Å². The Morgan fingerprint density at radius 1 is 1.29 bits per heavy atom. The summed E-state index contributed by atoms with van der Waals surface area (Å²) in [6.07, 6.45) is 0. The van der Waals surface area contributed by atoms with Crippen molar-refractivity contribution in [3.8, 4) is 0 Å². The Morgan fingerprint density at radius 2 is 2.10 bits per heavy atom. The molecule has 1 aromatic carbocycles. The molecule has 0 aliphatic carbocycles. The van der Waals surface area contributed by atoms with Crippen LogP contribution in [0, 0.1) is 6.92 Å². The predicted molar refractivity (Wildman–Crippen MR) is 94.7 cm³/mol. The Balaban J connectivity index is 1.93. The first kappa shape index (κ1) is 14.2. The summed E-state index contributed by atoms with van der Waals surface area (Å²) in [5.41, 5.74) is 8.09. The van der Waals surface area contributed by atoms with Crippen molar-refractivity contribution in [2.45, 2.75) is 6.92 Å². The first-order valence-electron chi connectivity index (χ1n) is 6.24. The lowest BCUT2D eigenvalue weighted by molar-refractivity contribution is 0.103. The van der Waals surface area contributed by atoms with Gasteiger partial charge in [-0.25, -0.2) is 0 Å². The number of hydrogen-bond acceptors (Lipinski definition) is 4. The Labute approximate surface area is 135 Å². The van der Waals surface area contributed by atoms with E-state index in [1.807, 2.05) is 42.6 Å². The number of carbonyl (C=O) groups is 1. The second-order valence-corrected chi connectivity index (χ2v) is 7.05. The molecule has 3 N–H and O–H groups in total. The first-order valence-corrected chi connectivity index (χ1v) is 8.34. The third kappa shape index (κ3) is 2.70. The van der Waals surface area contributed by atoms with Gasteiger partial charge in [0.15, 0.2) is 0 Å². The van der Waals surface area contributed by atoms with Gasteiger partial charge < -0.3 is 11.1 Å². The van der Waals surface area contributed by atoms with Gasteiger partial charge in [0.25, 0.3) is 5.91 Å². The van der Waals surface area contributed by atoms with Crippen LogP contribution in [0.4, 0.5) is 5.69 Å². The largest absolute Gasteiger partial charge is 0.389 e. The van der Waals surface area contributed by atoms with Gasteiger partial charge in [0.1, 0.15) is 4.99 Å². The van der Waals surface area contributed by atoms with E-state index in [2.05, 4.69) is 5.32 Å². The lowest BCUT2D eigenvalue weighted by Crippen LogP contribution is -2.18. The standard InChI is InChI=1S/C15H12N2OS3/c1-8-3-2-4-9(13(8)14(16)19)17-15(18)12-7-11-10(21-12)5-6-20-11/h2-7H,1H3,(H2,16,19)(H,17,18). The molecule has 106 valence electrons. The Kier molecular flexibility index (Phi) is 3.75. The van der Waals surface area contributed by atoms with E-state index in [9.17, 15) is 4.79 Å². The molecule has 0 unspecified atom stereocenters. The molecule has 21 heavy (non-hydrogen) atoms. The van der Waals surface area contributed by atoms with Crippen molar-refractivity contribution in [1.82, 2.24) is 0 Å². The maximum atomic E-state index is 12.4. The second-order valence-electron chi connectivity index (χ2n) is 4.58. The Morgan fingerprint density at radius 3 is 2.81 bits per heavy atom. The Bertz CT molecular complexity index is 819. The van der Waals surface area contributed by atoms with Gasteiger partial charge in [0, 0.05) is 15.0 Å². The number of amides is 1. The molecule has 1 amide bonds. The van der Waals surface area contributed by atoms with Crippen LogP contribution in [0.25, 0.3) is 9.40 Å². The molecule has 0 aliphatic heterocycles. The van der Waals surface area contributed by atoms with Crippen LogP contribution in [0.1, 0.15) is 20.8 Å². The molecule has 0 radical (unpaired) electrons. The summed E-state index contributed by atoms with van der Waals surface area (Å²) in [6.45, 7) is 1.92. The van der Waals surface area contributed by atoms with Gasteiger partial charge in [-0.1, -0.05) is 24.4 Å². The summed E-state index contributed by atoms with van der Waals surface area (Å²) in [6, 6.07) is 9.55. The number of thiocarbonyl (C=S) groups is 1. The van der Waals surface area contributed by atoms with E-state index >= 15 is 0 Å². The highest BCUT2D eigenvalue weighted by Gasteiger charge is 2.15. The van der Waals surface area contributed by atoms with Crippen LogP contribution in [0.2, 0.25) is 0 Å². The summed E-state index contributed by atoms with van der Waals surface area (Å²) >= 11 is 8.19. The highest BCUT2D eigenvalue weighted by atomic mass is 32.1. The van der Waals surface area contributed by atoms with Crippen molar-refractivity contribution in [2.24, 2.45) is 5.73 Å². The van der Waals surface area contributed by atoms with E-state index in [4.69, 9.17) is 18.0 Å². The fourth-order valence-corrected chi connectivity index (χ4v) is 4.44. The molecule has 0 atom stereocenters. The van der Waals surface area contributed by atoms with Gasteiger partial charge in [-0.3, -0.25) is 4.79 Å². The molecule has 2 heterocycles. The van der Waals surface area contributed by atoms with E-state index < -0.39 is 0 Å². The SMILES string of the molecule is Cc1cccc(NC(=O)c2cc3sccc3s2)c1C(N)=S. The summed E-state index contributed by atoms with van der Waals surface area (Å²) in [7, 11) is 0. The molecule has 0 saturated carbocycles. The number of aryl methyl sites for hydroxylation is 1. The molecule has 6 heteroatoms. The minimum atomic E-state index is -0.133. The third-order valence-corrected chi connectivity index (χ3v) is 5.43. The number of nitrogens with one attached hydrogen (secondary N) is 1. The van der Waals surface area contributed by atoms with Crippen molar-refractivity contribution >= 4 is 60.9 Å². The smallest absolute Gasteiger partial charge is 0.265 e. The van der Waals surface area contributed by atoms with Crippen LogP contribution in [-0.2, 0) is 0 Å². The number of rotatable bonds is 3. The molecule has 3 aromatic rings. The van der Waals surface area contributed by atoms with Crippen LogP contribution in [-0.4, -0.2) is 10.9 Å². The van der Waals surface area contributed by atoms with Gasteiger partial charge in [-0.2, -0.15) is 0 Å². The topological polar surface area (TPSA) is 55.1 Å². The van der Waals surface area contributed by atoms with E-state index in [0.717, 1.165) is 20.5 Å². The molecule has 0 saturated heterocycles. The molecular formula is C15H12N2OS3. The molecule has 2 aromatic heterocycles. The summed E-state index contributed by atoms with van der Waals surface area (Å²) in [5, 5.41) is 4.93. The van der Waals surface area contributed by atoms with Gasteiger partial charge in [0.2, 0.25) is 0 Å². The number of thiophene rings is 2. The maximum absolute atomic E-state index is 12.4. The van der Waals surface area contributed by atoms with E-state index in [0.29, 0.717) is 10.6 Å². The van der Waals surface area contributed by atoms with Gasteiger partial charge in [-0.15, -0.1) is 22.7 Å². The molecule has 3 nitrogen and oxygen atoms in total. The molecule has 0 spiro atoms. The zero-order valence-electron chi connectivity index (χ0n) is 11.2. The monoisotopic (exact) mass is 332 g/mol. The quantitative estimate of drug-likeness (QED) is 0.708. The van der Waals surface area contributed by atoms with Crippen molar-refractivity contribution in [2.75, 3.05) is 5.32 Å². The highest BCUT2D eigenvalue weighted by molar-refractivity contribution is 7.80. The van der Waals surface area contributed by atoms with Gasteiger partial charge in [-0.05, 0) is 36.1 Å². The van der Waals surface area contributed by atoms with Crippen molar-refractivity contribution < 1.29 is 4.79 Å². The van der Waals surface area contributed by atoms with Crippen LogP contribution in [0.3, 0.4) is 0 Å². The molecule has 0 fully saturated rings. The highest BCUT2D eigenvalue weighted by Crippen LogP contribution is 2.30. The maximum Gasteiger partial charge on any atom is 0.265 e. The number of hydrogen-bond donors (Lipinski definition) is 2. The number of fused-ring (bicyclic) bond motifs is 1. The predicted octanol–water partition coefficient (Wildman–Crippen LogP) is 4.16. The first-order chi connectivity index (χ1) is 10.1. The van der Waals surface area contributed by atoms with E-state index in [1.54, 1.807) is 11.3 Å². The Hall–Kier alpha value is -1.76. The zero-order chi connectivity index (χ0) is 15.0. The molecule has 0 bridgehead atoms. The van der Waals surface area contributed by atoms with Gasteiger partial charge >= 0.3 is 0 Å². The van der Waals surface area contributed by atoms with Crippen molar-refractivity contribution in [3.63, 3.8) is 0 Å². The number of anilines is 1. The number of carbonyl (C=O) groups excluding carboxylic acids is 1. The minimum Gasteiger partial charge on any atom is -0.389 e. The second kappa shape index (κ2) is 5.55. The lowest BCUT2D eigenvalue weighted by Gasteiger charge is -2.11. The summed E-state index contributed by atoms with van der Waals surface area (Å²) < 4.78 is 2.26.